The maximum Gasteiger partial charge on any atom is 0.159 e. The maximum absolute atomic E-state index is 9.51. The van der Waals surface area contributed by atoms with Crippen LogP contribution in [0.4, 0.5) is 11.6 Å². The average molecular weight is 318 g/mol. The number of nitrogens with one attached hydrogen (secondary N) is 2. The van der Waals surface area contributed by atoms with Crippen LogP contribution < -0.4 is 16.6 Å². The van der Waals surface area contributed by atoms with Gasteiger partial charge < -0.3 is 15.8 Å². The molecule has 0 saturated carbocycles. The molecule has 0 radical (unpaired) electrons. The van der Waals surface area contributed by atoms with Crippen molar-refractivity contribution < 1.29 is 5.11 Å². The third-order valence-corrected chi connectivity index (χ3v) is 4.14. The van der Waals surface area contributed by atoms with Crippen molar-refractivity contribution in [2.24, 2.45) is 11.3 Å². The first kappa shape index (κ1) is 15.1. The largest absolute Gasteiger partial charge is 0.396 e. The highest BCUT2D eigenvalue weighted by atomic mass is 79.9. The number of hydrogen-bond donors (Lipinski definition) is 4. The second-order valence-corrected chi connectivity index (χ2v) is 5.04. The molecular weight excluding hydrogens is 298 g/mol. The molecule has 0 fully saturated rings. The SMILES string of the molecule is CCC(CC)(CO)CNc1ncnc(NN)c1Br. The number of rotatable bonds is 7. The number of halogens is 1. The van der Waals surface area contributed by atoms with E-state index in [9.17, 15) is 5.11 Å². The summed E-state index contributed by atoms with van der Waals surface area (Å²) >= 11 is 3.38. The molecule has 0 unspecified atom stereocenters. The van der Waals surface area contributed by atoms with E-state index < -0.39 is 0 Å². The molecule has 0 aliphatic heterocycles. The fraction of sp³-hybridized carbons (Fsp3) is 0.636. The molecule has 0 aliphatic rings. The number of hydrogen-bond acceptors (Lipinski definition) is 6. The van der Waals surface area contributed by atoms with Crippen LogP contribution in [0, 0.1) is 5.41 Å². The van der Waals surface area contributed by atoms with Crippen LogP contribution in [0.2, 0.25) is 0 Å². The number of aromatic nitrogens is 2. The van der Waals surface area contributed by atoms with Crippen molar-refractivity contribution in [3.63, 3.8) is 0 Å². The van der Waals surface area contributed by atoms with E-state index >= 15 is 0 Å². The van der Waals surface area contributed by atoms with E-state index in [0.717, 1.165) is 12.8 Å². The Labute approximate surface area is 115 Å². The lowest BCUT2D eigenvalue weighted by Gasteiger charge is -2.29. The summed E-state index contributed by atoms with van der Waals surface area (Å²) in [5, 5.41) is 12.7. The molecule has 1 aromatic rings. The van der Waals surface area contributed by atoms with Crippen LogP contribution in [0.5, 0.6) is 0 Å². The fourth-order valence-electron chi connectivity index (χ4n) is 1.64. The van der Waals surface area contributed by atoms with Gasteiger partial charge in [0, 0.05) is 12.0 Å². The Kier molecular flexibility index (Phi) is 5.77. The standard InChI is InChI=1S/C11H20BrN5O/c1-3-11(4-2,6-18)5-14-9-8(12)10(17-13)16-7-15-9/h7,18H,3-6,13H2,1-2H3,(H2,14,15,16,17). The average Bonchev–Trinajstić information content (AvgIpc) is 2.42. The molecule has 0 saturated heterocycles. The first-order chi connectivity index (χ1) is 8.62. The summed E-state index contributed by atoms with van der Waals surface area (Å²) in [4.78, 5) is 8.13. The smallest absolute Gasteiger partial charge is 0.159 e. The maximum atomic E-state index is 9.51. The van der Waals surface area contributed by atoms with Gasteiger partial charge >= 0.3 is 0 Å². The minimum absolute atomic E-state index is 0.124. The molecule has 0 bridgehead atoms. The summed E-state index contributed by atoms with van der Waals surface area (Å²) in [5.74, 6) is 6.53. The third kappa shape index (κ3) is 3.30. The second-order valence-electron chi connectivity index (χ2n) is 4.25. The van der Waals surface area contributed by atoms with E-state index in [1.807, 2.05) is 0 Å². The van der Waals surface area contributed by atoms with Gasteiger partial charge in [0.05, 0.1) is 6.61 Å². The van der Waals surface area contributed by atoms with Crippen LogP contribution in [0.3, 0.4) is 0 Å². The molecule has 18 heavy (non-hydrogen) atoms. The summed E-state index contributed by atoms with van der Waals surface area (Å²) < 4.78 is 0.687. The summed E-state index contributed by atoms with van der Waals surface area (Å²) in [6.45, 7) is 4.94. The first-order valence-corrected chi connectivity index (χ1v) is 6.73. The Hall–Kier alpha value is -0.920. The number of aliphatic hydroxyl groups excluding tert-OH is 1. The van der Waals surface area contributed by atoms with Crippen molar-refractivity contribution in [1.29, 1.82) is 0 Å². The molecule has 0 amide bonds. The molecule has 102 valence electrons. The number of anilines is 2. The molecule has 1 rings (SSSR count). The lowest BCUT2D eigenvalue weighted by atomic mass is 9.83. The molecular formula is C11H20BrN5O. The molecule has 1 heterocycles. The molecule has 0 aliphatic carbocycles. The van der Waals surface area contributed by atoms with Gasteiger partial charge in [-0.2, -0.15) is 0 Å². The minimum atomic E-state index is -0.124. The quantitative estimate of drug-likeness (QED) is 0.452. The Morgan fingerprint density at radius 2 is 1.94 bits per heavy atom. The summed E-state index contributed by atoms with van der Waals surface area (Å²) in [6.07, 6.45) is 3.23. The zero-order valence-corrected chi connectivity index (χ0v) is 12.3. The van der Waals surface area contributed by atoms with Gasteiger partial charge in [0.15, 0.2) is 5.82 Å². The summed E-state index contributed by atoms with van der Waals surface area (Å²) in [5.41, 5.74) is 2.36. The van der Waals surface area contributed by atoms with Crippen LogP contribution in [0.1, 0.15) is 26.7 Å². The molecule has 0 aromatic carbocycles. The lowest BCUT2D eigenvalue weighted by molar-refractivity contribution is 0.127. The van der Waals surface area contributed by atoms with Gasteiger partial charge in [0.1, 0.15) is 16.6 Å². The molecule has 0 spiro atoms. The number of aliphatic hydroxyl groups is 1. The Morgan fingerprint density at radius 1 is 1.33 bits per heavy atom. The summed E-state index contributed by atoms with van der Waals surface area (Å²) in [6, 6.07) is 0. The van der Waals surface area contributed by atoms with E-state index in [1.165, 1.54) is 6.33 Å². The Morgan fingerprint density at radius 3 is 2.44 bits per heavy atom. The fourth-order valence-corrected chi connectivity index (χ4v) is 2.10. The second kappa shape index (κ2) is 6.86. The summed E-state index contributed by atoms with van der Waals surface area (Å²) in [7, 11) is 0. The van der Waals surface area contributed by atoms with Gasteiger partial charge in [-0.1, -0.05) is 13.8 Å². The zero-order chi connectivity index (χ0) is 13.6. The normalized spacial score (nSPS) is 11.4. The highest BCUT2D eigenvalue weighted by molar-refractivity contribution is 9.10. The van der Waals surface area contributed by atoms with E-state index in [0.29, 0.717) is 22.7 Å². The molecule has 5 N–H and O–H groups in total. The zero-order valence-electron chi connectivity index (χ0n) is 10.7. The predicted octanol–water partition coefficient (Wildman–Crippen LogP) is 1.74. The predicted molar refractivity (Wildman–Crippen MR) is 76.1 cm³/mol. The van der Waals surface area contributed by atoms with Crippen molar-refractivity contribution in [2.45, 2.75) is 26.7 Å². The van der Waals surface area contributed by atoms with Crippen LogP contribution in [-0.2, 0) is 0 Å². The van der Waals surface area contributed by atoms with Crippen molar-refractivity contribution >= 4 is 27.6 Å². The highest BCUT2D eigenvalue weighted by Crippen LogP contribution is 2.29. The first-order valence-electron chi connectivity index (χ1n) is 5.94. The van der Waals surface area contributed by atoms with E-state index in [-0.39, 0.29) is 12.0 Å². The number of nitrogens with zero attached hydrogens (tertiary/aromatic N) is 2. The van der Waals surface area contributed by atoms with Gasteiger partial charge in [-0.15, -0.1) is 0 Å². The van der Waals surface area contributed by atoms with Gasteiger partial charge in [0.2, 0.25) is 0 Å². The van der Waals surface area contributed by atoms with Gasteiger partial charge in [-0.3, -0.25) is 0 Å². The van der Waals surface area contributed by atoms with Crippen LogP contribution in [0.25, 0.3) is 0 Å². The molecule has 7 heteroatoms. The molecule has 6 nitrogen and oxygen atoms in total. The monoisotopic (exact) mass is 317 g/mol. The van der Waals surface area contributed by atoms with E-state index in [2.05, 4.69) is 50.5 Å². The Bertz CT molecular complexity index is 375. The number of nitrogen functional groups attached to an aromatic ring is 1. The van der Waals surface area contributed by atoms with Crippen molar-refractivity contribution in [2.75, 3.05) is 23.9 Å². The van der Waals surface area contributed by atoms with Gasteiger partial charge in [-0.05, 0) is 28.8 Å². The van der Waals surface area contributed by atoms with Crippen molar-refractivity contribution in [1.82, 2.24) is 9.97 Å². The van der Waals surface area contributed by atoms with Crippen molar-refractivity contribution in [3.8, 4) is 0 Å². The van der Waals surface area contributed by atoms with Crippen LogP contribution >= 0.6 is 15.9 Å². The molecule has 1 aromatic heterocycles. The lowest BCUT2D eigenvalue weighted by Crippen LogP contribution is -2.32. The van der Waals surface area contributed by atoms with E-state index in [4.69, 9.17) is 5.84 Å². The van der Waals surface area contributed by atoms with Crippen LogP contribution in [-0.4, -0.2) is 28.2 Å². The van der Waals surface area contributed by atoms with Gasteiger partial charge in [-0.25, -0.2) is 15.8 Å². The number of nitrogens with two attached hydrogens (primary N) is 1. The van der Waals surface area contributed by atoms with E-state index in [1.54, 1.807) is 0 Å². The Balaban J connectivity index is 2.79. The highest BCUT2D eigenvalue weighted by Gasteiger charge is 2.25. The molecule has 0 atom stereocenters. The van der Waals surface area contributed by atoms with Gasteiger partial charge in [0.25, 0.3) is 0 Å². The third-order valence-electron chi connectivity index (χ3n) is 3.39. The topological polar surface area (TPSA) is 96.1 Å². The van der Waals surface area contributed by atoms with Crippen molar-refractivity contribution in [3.05, 3.63) is 10.8 Å². The minimum Gasteiger partial charge on any atom is -0.396 e. The number of hydrazine groups is 1. The van der Waals surface area contributed by atoms with Crippen LogP contribution in [0.15, 0.2) is 10.8 Å².